The molecule has 0 aliphatic heterocycles. The SMILES string of the molecule is CC(C)c1ccc(Cl)cc1C1(O)CC1. The van der Waals surface area contributed by atoms with Crippen molar-refractivity contribution in [1.82, 2.24) is 0 Å². The van der Waals surface area contributed by atoms with E-state index >= 15 is 0 Å². The topological polar surface area (TPSA) is 20.2 Å². The molecule has 2 rings (SSSR count). The van der Waals surface area contributed by atoms with Gasteiger partial charge >= 0.3 is 0 Å². The lowest BCUT2D eigenvalue weighted by Gasteiger charge is -2.17. The summed E-state index contributed by atoms with van der Waals surface area (Å²) in [6.45, 7) is 4.27. The molecule has 0 radical (unpaired) electrons. The second kappa shape index (κ2) is 3.25. The lowest BCUT2D eigenvalue weighted by Crippen LogP contribution is -2.09. The molecule has 1 N–H and O–H groups in total. The van der Waals surface area contributed by atoms with Gasteiger partial charge < -0.3 is 5.11 Å². The average Bonchev–Trinajstić information content (AvgIpc) is 2.84. The Morgan fingerprint density at radius 3 is 2.50 bits per heavy atom. The van der Waals surface area contributed by atoms with E-state index in [-0.39, 0.29) is 0 Å². The second-order valence-corrected chi connectivity index (χ2v) is 4.85. The standard InChI is InChI=1S/C12H15ClO/c1-8(2)10-4-3-9(13)7-11(10)12(14)5-6-12/h3-4,7-8,14H,5-6H2,1-2H3. The first-order chi connectivity index (χ1) is 6.53. The molecule has 0 atom stereocenters. The summed E-state index contributed by atoms with van der Waals surface area (Å²) in [5, 5.41) is 10.8. The van der Waals surface area contributed by atoms with E-state index in [1.807, 2.05) is 18.2 Å². The van der Waals surface area contributed by atoms with Gasteiger partial charge in [-0.3, -0.25) is 0 Å². The molecule has 1 fully saturated rings. The van der Waals surface area contributed by atoms with Gasteiger partial charge in [-0.25, -0.2) is 0 Å². The van der Waals surface area contributed by atoms with Crippen LogP contribution in [0.15, 0.2) is 18.2 Å². The number of aliphatic hydroxyl groups is 1. The number of hydrogen-bond donors (Lipinski definition) is 1. The van der Waals surface area contributed by atoms with E-state index in [9.17, 15) is 5.11 Å². The summed E-state index contributed by atoms with van der Waals surface area (Å²) in [5.41, 5.74) is 1.67. The van der Waals surface area contributed by atoms with Crippen LogP contribution in [0.2, 0.25) is 5.02 Å². The first-order valence-corrected chi connectivity index (χ1v) is 5.43. The van der Waals surface area contributed by atoms with Crippen molar-refractivity contribution in [3.05, 3.63) is 34.3 Å². The normalized spacial score (nSPS) is 18.6. The van der Waals surface area contributed by atoms with Crippen LogP contribution in [-0.2, 0) is 5.60 Å². The van der Waals surface area contributed by atoms with E-state index in [1.165, 1.54) is 5.56 Å². The van der Waals surface area contributed by atoms with Gasteiger partial charge in [-0.2, -0.15) is 0 Å². The highest BCUT2D eigenvalue weighted by Gasteiger charge is 2.43. The molecular formula is C12H15ClO. The fourth-order valence-corrected chi connectivity index (χ4v) is 1.99. The molecule has 1 aromatic rings. The van der Waals surface area contributed by atoms with Crippen molar-refractivity contribution in [2.24, 2.45) is 0 Å². The van der Waals surface area contributed by atoms with Crippen molar-refractivity contribution >= 4 is 11.6 Å². The van der Waals surface area contributed by atoms with Crippen LogP contribution in [0.5, 0.6) is 0 Å². The molecule has 0 saturated heterocycles. The molecule has 0 heterocycles. The van der Waals surface area contributed by atoms with Gasteiger partial charge in [0.05, 0.1) is 5.60 Å². The van der Waals surface area contributed by atoms with E-state index in [0.29, 0.717) is 10.9 Å². The van der Waals surface area contributed by atoms with Crippen LogP contribution in [0.1, 0.15) is 43.7 Å². The van der Waals surface area contributed by atoms with Crippen molar-refractivity contribution < 1.29 is 5.11 Å². The number of rotatable bonds is 2. The predicted molar refractivity (Wildman–Crippen MR) is 58.7 cm³/mol. The molecule has 0 bridgehead atoms. The minimum absolute atomic E-state index is 0.437. The molecule has 0 amide bonds. The quantitative estimate of drug-likeness (QED) is 0.793. The van der Waals surface area contributed by atoms with Crippen molar-refractivity contribution in [3.63, 3.8) is 0 Å². The fourth-order valence-electron chi connectivity index (χ4n) is 1.82. The third-order valence-electron chi connectivity index (χ3n) is 2.86. The Labute approximate surface area is 89.7 Å². The monoisotopic (exact) mass is 210 g/mol. The zero-order chi connectivity index (χ0) is 10.3. The van der Waals surface area contributed by atoms with E-state index in [1.54, 1.807) is 0 Å². The molecule has 0 unspecified atom stereocenters. The van der Waals surface area contributed by atoms with E-state index in [2.05, 4.69) is 13.8 Å². The van der Waals surface area contributed by atoms with Crippen LogP contribution in [0.3, 0.4) is 0 Å². The van der Waals surface area contributed by atoms with Crippen molar-refractivity contribution in [1.29, 1.82) is 0 Å². The maximum atomic E-state index is 10.1. The van der Waals surface area contributed by atoms with Gasteiger partial charge in [-0.1, -0.05) is 31.5 Å². The molecule has 0 spiro atoms. The molecule has 1 aliphatic carbocycles. The zero-order valence-corrected chi connectivity index (χ0v) is 9.30. The zero-order valence-electron chi connectivity index (χ0n) is 8.55. The minimum Gasteiger partial charge on any atom is -0.385 e. The summed E-state index contributed by atoms with van der Waals surface area (Å²) in [6, 6.07) is 5.83. The van der Waals surface area contributed by atoms with Crippen molar-refractivity contribution in [2.45, 2.75) is 38.2 Å². The Morgan fingerprint density at radius 2 is 2.00 bits per heavy atom. The second-order valence-electron chi connectivity index (χ2n) is 4.42. The number of hydrogen-bond acceptors (Lipinski definition) is 1. The highest BCUT2D eigenvalue weighted by Crippen LogP contribution is 2.48. The summed E-state index contributed by atoms with van der Waals surface area (Å²) in [6.07, 6.45) is 1.74. The molecule has 14 heavy (non-hydrogen) atoms. The summed E-state index contributed by atoms with van der Waals surface area (Å²) in [5.74, 6) is 0.437. The third-order valence-corrected chi connectivity index (χ3v) is 3.10. The van der Waals surface area contributed by atoms with Crippen molar-refractivity contribution in [3.8, 4) is 0 Å². The van der Waals surface area contributed by atoms with E-state index in [4.69, 9.17) is 11.6 Å². The van der Waals surface area contributed by atoms with Gasteiger partial charge in [0.25, 0.3) is 0 Å². The largest absolute Gasteiger partial charge is 0.385 e. The minimum atomic E-state index is -0.579. The summed E-state index contributed by atoms with van der Waals surface area (Å²) in [4.78, 5) is 0. The lowest BCUT2D eigenvalue weighted by molar-refractivity contribution is 0.150. The fraction of sp³-hybridized carbons (Fsp3) is 0.500. The highest BCUT2D eigenvalue weighted by atomic mass is 35.5. The molecule has 1 saturated carbocycles. The summed E-state index contributed by atoms with van der Waals surface area (Å²) in [7, 11) is 0. The van der Waals surface area contributed by atoms with Gasteiger partial charge in [0.2, 0.25) is 0 Å². The Hall–Kier alpha value is -0.530. The van der Waals surface area contributed by atoms with Crippen molar-refractivity contribution in [2.75, 3.05) is 0 Å². The summed E-state index contributed by atoms with van der Waals surface area (Å²) >= 11 is 5.94. The molecule has 1 nitrogen and oxygen atoms in total. The van der Waals surface area contributed by atoms with Crippen LogP contribution in [-0.4, -0.2) is 5.11 Å². The highest BCUT2D eigenvalue weighted by molar-refractivity contribution is 6.30. The lowest BCUT2D eigenvalue weighted by atomic mass is 9.93. The molecule has 76 valence electrons. The third kappa shape index (κ3) is 1.67. The first-order valence-electron chi connectivity index (χ1n) is 5.05. The van der Waals surface area contributed by atoms with Crippen LogP contribution >= 0.6 is 11.6 Å². The average molecular weight is 211 g/mol. The molecule has 2 heteroatoms. The summed E-state index contributed by atoms with van der Waals surface area (Å²) < 4.78 is 0. The maximum absolute atomic E-state index is 10.1. The number of benzene rings is 1. The first kappa shape index (κ1) is 10.0. The Bertz CT molecular complexity index is 353. The van der Waals surface area contributed by atoms with Crippen LogP contribution < -0.4 is 0 Å². The Kier molecular flexibility index (Phi) is 2.32. The maximum Gasteiger partial charge on any atom is 0.0902 e. The van der Waals surface area contributed by atoms with Gasteiger partial charge in [-0.05, 0) is 42.0 Å². The number of halogens is 1. The molecule has 1 aliphatic rings. The van der Waals surface area contributed by atoms with E-state index in [0.717, 1.165) is 18.4 Å². The van der Waals surface area contributed by atoms with Gasteiger partial charge in [0.1, 0.15) is 0 Å². The van der Waals surface area contributed by atoms with Crippen LogP contribution in [0, 0.1) is 0 Å². The Balaban J connectivity index is 2.49. The predicted octanol–water partition coefficient (Wildman–Crippen LogP) is 3.44. The van der Waals surface area contributed by atoms with Gasteiger partial charge in [0, 0.05) is 5.02 Å². The molecular weight excluding hydrogens is 196 g/mol. The van der Waals surface area contributed by atoms with Crippen LogP contribution in [0.4, 0.5) is 0 Å². The smallest absolute Gasteiger partial charge is 0.0902 e. The van der Waals surface area contributed by atoms with Crippen LogP contribution in [0.25, 0.3) is 0 Å². The van der Waals surface area contributed by atoms with Gasteiger partial charge in [-0.15, -0.1) is 0 Å². The molecule has 0 aromatic heterocycles. The molecule has 1 aromatic carbocycles. The Morgan fingerprint density at radius 1 is 1.36 bits per heavy atom. The van der Waals surface area contributed by atoms with Gasteiger partial charge in [0.15, 0.2) is 0 Å². The van der Waals surface area contributed by atoms with E-state index < -0.39 is 5.60 Å².